The van der Waals surface area contributed by atoms with E-state index in [0.717, 1.165) is 12.8 Å². The van der Waals surface area contributed by atoms with Crippen LogP contribution in [0, 0.1) is 0 Å². The second kappa shape index (κ2) is 27.1. The lowest BCUT2D eigenvalue weighted by molar-refractivity contribution is -0.864. The van der Waals surface area contributed by atoms with E-state index in [-0.39, 0.29) is 13.1 Å². The van der Waals surface area contributed by atoms with Gasteiger partial charge >= 0.3 is 5.97 Å². The molecule has 0 aromatic heterocycles. The zero-order chi connectivity index (χ0) is 29.9. The van der Waals surface area contributed by atoms with Crippen LogP contribution in [0.25, 0.3) is 0 Å². The molecule has 0 bridgehead atoms. The summed E-state index contributed by atoms with van der Waals surface area (Å²) in [6, 6.07) is 0.739. The highest BCUT2D eigenvalue weighted by atomic mass is 16.4. The molecule has 1 N–H and O–H groups in total. The average Bonchev–Trinajstić information content (AvgIpc) is 2.83. The summed E-state index contributed by atoms with van der Waals surface area (Å²) in [5, 5.41) is 19.3. The van der Waals surface area contributed by atoms with Gasteiger partial charge in [0.1, 0.15) is 6.54 Å². The molecule has 39 heavy (non-hydrogen) atoms. The Morgan fingerprint density at radius 2 is 0.949 bits per heavy atom. The van der Waals surface area contributed by atoms with Crippen LogP contribution in [0.1, 0.15) is 156 Å². The molecule has 0 aromatic rings. The lowest BCUT2D eigenvalue weighted by Gasteiger charge is -2.33. The zero-order valence-electron chi connectivity index (χ0n) is 27.3. The SMILES string of the molecule is CCCCCCCCCCCC(C)N(CC(=O)O)C(C)CCCCCCCCCCC.C[N+](C)(C)CC(=O)[O-]. The van der Waals surface area contributed by atoms with Gasteiger partial charge in [-0.1, -0.05) is 129 Å². The summed E-state index contributed by atoms with van der Waals surface area (Å²) in [7, 11) is 5.40. The number of likely N-dealkylation sites (N-methyl/N-ethyl adjacent to an activating group) is 1. The summed E-state index contributed by atoms with van der Waals surface area (Å²) >= 11 is 0. The molecule has 0 saturated carbocycles. The number of carbonyl (C=O) groups is 2. The first-order valence-electron chi connectivity index (χ1n) is 16.4. The molecule has 0 heterocycles. The van der Waals surface area contributed by atoms with Gasteiger partial charge in [-0.3, -0.25) is 9.69 Å². The lowest BCUT2D eigenvalue weighted by Crippen LogP contribution is -2.45. The fourth-order valence-corrected chi connectivity index (χ4v) is 5.12. The fraction of sp³-hybridized carbons (Fsp3) is 0.939. The Morgan fingerprint density at radius 3 is 1.18 bits per heavy atom. The second-order valence-corrected chi connectivity index (χ2v) is 12.8. The van der Waals surface area contributed by atoms with Crippen molar-refractivity contribution in [2.45, 2.75) is 168 Å². The molecule has 0 fully saturated rings. The molecule has 0 aliphatic carbocycles. The van der Waals surface area contributed by atoms with Gasteiger partial charge in [0, 0.05) is 12.1 Å². The van der Waals surface area contributed by atoms with Gasteiger partial charge in [-0.2, -0.15) is 0 Å². The Bertz CT molecular complexity index is 534. The van der Waals surface area contributed by atoms with Gasteiger partial charge in [-0.25, -0.2) is 0 Å². The number of hydrogen-bond donors (Lipinski definition) is 1. The van der Waals surface area contributed by atoms with Gasteiger partial charge < -0.3 is 19.5 Å². The highest BCUT2D eigenvalue weighted by Gasteiger charge is 2.22. The van der Waals surface area contributed by atoms with Crippen LogP contribution in [0.15, 0.2) is 0 Å². The Balaban J connectivity index is 0. The van der Waals surface area contributed by atoms with Crippen molar-refractivity contribution < 1.29 is 24.3 Å². The molecule has 234 valence electrons. The number of aliphatic carboxylic acids is 2. The van der Waals surface area contributed by atoms with E-state index in [0.29, 0.717) is 16.6 Å². The minimum Gasteiger partial charge on any atom is -0.544 e. The summed E-state index contributed by atoms with van der Waals surface area (Å²) in [5.74, 6) is -1.68. The Morgan fingerprint density at radius 1 is 0.641 bits per heavy atom. The standard InChI is InChI=1S/C28H57NO2.C5H11NO2/c1-5-7-9-11-13-15-17-19-21-23-26(3)29(25-28(30)31)27(4)24-22-20-18-16-14-12-10-8-6-2;1-6(2,3)4-5(7)8/h26-27H,5-25H2,1-4H3,(H,30,31);4H2,1-3H3. The van der Waals surface area contributed by atoms with Crippen LogP contribution < -0.4 is 5.11 Å². The number of carboxylic acids is 2. The fourth-order valence-electron chi connectivity index (χ4n) is 5.12. The first-order valence-corrected chi connectivity index (χ1v) is 16.4. The van der Waals surface area contributed by atoms with Crippen LogP contribution in [0.3, 0.4) is 0 Å². The maximum Gasteiger partial charge on any atom is 0.317 e. The normalized spacial score (nSPS) is 13.1. The second-order valence-electron chi connectivity index (χ2n) is 12.8. The van der Waals surface area contributed by atoms with Gasteiger partial charge in [0.25, 0.3) is 0 Å². The lowest BCUT2D eigenvalue weighted by atomic mass is 10.0. The summed E-state index contributed by atoms with van der Waals surface area (Å²) in [4.78, 5) is 23.6. The highest BCUT2D eigenvalue weighted by molar-refractivity contribution is 5.69. The minimum atomic E-state index is -1.00. The topological polar surface area (TPSA) is 80.7 Å². The molecule has 6 nitrogen and oxygen atoms in total. The summed E-state index contributed by atoms with van der Waals surface area (Å²) < 4.78 is 0.419. The van der Waals surface area contributed by atoms with E-state index in [9.17, 15) is 19.8 Å². The number of carbonyl (C=O) groups excluding carboxylic acids is 1. The maximum absolute atomic E-state index is 11.4. The van der Waals surface area contributed by atoms with Crippen molar-refractivity contribution in [1.29, 1.82) is 0 Å². The van der Waals surface area contributed by atoms with Crippen LogP contribution in [-0.4, -0.2) is 72.7 Å². The van der Waals surface area contributed by atoms with Crippen molar-refractivity contribution in [3.05, 3.63) is 0 Å². The number of carboxylic acid groups (broad SMARTS) is 2. The van der Waals surface area contributed by atoms with Gasteiger partial charge in [0.2, 0.25) is 0 Å². The van der Waals surface area contributed by atoms with E-state index in [1.807, 2.05) is 0 Å². The van der Waals surface area contributed by atoms with Crippen LogP contribution in [0.5, 0.6) is 0 Å². The zero-order valence-corrected chi connectivity index (χ0v) is 27.3. The van der Waals surface area contributed by atoms with Crippen molar-refractivity contribution in [3.63, 3.8) is 0 Å². The quantitative estimate of drug-likeness (QED) is 0.0885. The van der Waals surface area contributed by atoms with E-state index in [1.165, 1.54) is 116 Å². The van der Waals surface area contributed by atoms with Crippen molar-refractivity contribution in [1.82, 2.24) is 4.90 Å². The van der Waals surface area contributed by atoms with Gasteiger partial charge in [-0.05, 0) is 26.7 Å². The number of hydrogen-bond acceptors (Lipinski definition) is 4. The monoisotopic (exact) mass is 557 g/mol. The Hall–Kier alpha value is -1.14. The summed E-state index contributed by atoms with van der Waals surface area (Å²) in [5.41, 5.74) is 0. The maximum atomic E-state index is 11.4. The van der Waals surface area contributed by atoms with E-state index >= 15 is 0 Å². The van der Waals surface area contributed by atoms with E-state index in [2.05, 4.69) is 32.6 Å². The molecule has 0 saturated heterocycles. The van der Waals surface area contributed by atoms with Crippen molar-refractivity contribution >= 4 is 11.9 Å². The molecular weight excluding hydrogens is 488 g/mol. The molecule has 2 unspecified atom stereocenters. The molecule has 0 aliphatic rings. The molecule has 0 aliphatic heterocycles. The first kappa shape index (κ1) is 40.0. The van der Waals surface area contributed by atoms with Gasteiger partial charge in [0.05, 0.1) is 33.7 Å². The molecular formula is C33H68N2O4. The average molecular weight is 557 g/mol. The Kier molecular flexibility index (Phi) is 27.7. The van der Waals surface area contributed by atoms with Crippen LogP contribution in [-0.2, 0) is 9.59 Å². The molecule has 2 atom stereocenters. The number of rotatable bonds is 26. The highest BCUT2D eigenvalue weighted by Crippen LogP contribution is 2.19. The smallest absolute Gasteiger partial charge is 0.317 e. The first-order chi connectivity index (χ1) is 18.4. The Labute approximate surface area is 243 Å². The van der Waals surface area contributed by atoms with E-state index in [4.69, 9.17) is 0 Å². The molecule has 0 rings (SSSR count). The predicted octanol–water partition coefficient (Wildman–Crippen LogP) is 7.43. The van der Waals surface area contributed by atoms with Gasteiger partial charge in [0.15, 0.2) is 0 Å². The van der Waals surface area contributed by atoms with E-state index < -0.39 is 11.9 Å². The molecule has 0 amide bonds. The van der Waals surface area contributed by atoms with Crippen molar-refractivity contribution in [2.24, 2.45) is 0 Å². The number of quaternary nitrogens is 1. The summed E-state index contributed by atoms with van der Waals surface area (Å²) in [6.45, 7) is 9.27. The molecule has 0 aromatic carbocycles. The van der Waals surface area contributed by atoms with Crippen molar-refractivity contribution in [2.75, 3.05) is 34.2 Å². The van der Waals surface area contributed by atoms with Crippen LogP contribution in [0.2, 0.25) is 0 Å². The predicted molar refractivity (Wildman–Crippen MR) is 165 cm³/mol. The van der Waals surface area contributed by atoms with E-state index in [1.54, 1.807) is 21.1 Å². The third kappa shape index (κ3) is 31.2. The van der Waals surface area contributed by atoms with Crippen LogP contribution >= 0.6 is 0 Å². The van der Waals surface area contributed by atoms with Crippen molar-refractivity contribution in [3.8, 4) is 0 Å². The molecule has 0 radical (unpaired) electrons. The van der Waals surface area contributed by atoms with Gasteiger partial charge in [-0.15, -0.1) is 0 Å². The molecule has 6 heteroatoms. The minimum absolute atomic E-state index is 0.0694. The molecule has 0 spiro atoms. The number of nitrogens with zero attached hydrogens (tertiary/aromatic N) is 2. The third-order valence-corrected chi connectivity index (χ3v) is 7.50. The summed E-state index contributed by atoms with van der Waals surface area (Å²) in [6.07, 6.45) is 26.5. The third-order valence-electron chi connectivity index (χ3n) is 7.50. The largest absolute Gasteiger partial charge is 0.544 e. The number of unbranched alkanes of at least 4 members (excludes halogenated alkanes) is 16. The van der Waals surface area contributed by atoms with Crippen LogP contribution in [0.4, 0.5) is 0 Å².